The lowest BCUT2D eigenvalue weighted by atomic mass is 9.84. The molecule has 2 heterocycles. The van der Waals surface area contributed by atoms with Gasteiger partial charge < -0.3 is 24.1 Å². The van der Waals surface area contributed by atoms with E-state index in [1.807, 2.05) is 30.3 Å². The molecular weight excluding hydrogens is 410 g/mol. The average molecular weight is 444 g/mol. The van der Waals surface area contributed by atoms with Crippen LogP contribution >= 0.6 is 0 Å². The number of rotatable bonds is 8. The molecule has 3 atom stereocenters. The molecule has 8 nitrogen and oxygen atoms in total. The van der Waals surface area contributed by atoms with Gasteiger partial charge >= 0.3 is 0 Å². The number of aromatic hydroxyl groups is 1. The van der Waals surface area contributed by atoms with E-state index < -0.39 is 0 Å². The van der Waals surface area contributed by atoms with Crippen molar-refractivity contribution < 1.29 is 24.1 Å². The monoisotopic (exact) mass is 443 g/mol. The van der Waals surface area contributed by atoms with E-state index in [1.54, 1.807) is 20.3 Å². The predicted molar refractivity (Wildman–Crippen MR) is 122 cm³/mol. The fourth-order valence-corrected chi connectivity index (χ4v) is 4.50. The molecule has 2 aromatic carbocycles. The van der Waals surface area contributed by atoms with Crippen LogP contribution in [-0.2, 0) is 4.74 Å². The van der Waals surface area contributed by atoms with Gasteiger partial charge in [0.1, 0.15) is 18.1 Å². The smallest absolute Gasteiger partial charge is 0.160 e. The van der Waals surface area contributed by atoms with Gasteiger partial charge in [-0.15, -0.1) is 0 Å². The molecule has 8 heteroatoms. The Bertz CT molecular complexity index is 903. The van der Waals surface area contributed by atoms with Gasteiger partial charge in [-0.05, 0) is 30.7 Å². The number of nitrogens with one attached hydrogen (secondary N) is 2. The quantitative estimate of drug-likeness (QED) is 0.574. The molecule has 2 fully saturated rings. The minimum absolute atomic E-state index is 0.0915. The first-order valence-corrected chi connectivity index (χ1v) is 11.1. The Morgan fingerprint density at radius 2 is 1.81 bits per heavy atom. The molecule has 2 aliphatic rings. The number of ether oxygens (including phenoxy) is 4. The SMILES string of the molecule is COc1ccc(C2C(C)NNC2c2ccc(OCCN3CCOCC3)cc2O)cc1OC. The summed E-state index contributed by atoms with van der Waals surface area (Å²) in [5.41, 5.74) is 8.58. The van der Waals surface area contributed by atoms with Crippen molar-refractivity contribution in [1.29, 1.82) is 0 Å². The molecule has 4 rings (SSSR count). The molecule has 2 aliphatic heterocycles. The molecule has 174 valence electrons. The second kappa shape index (κ2) is 10.4. The summed E-state index contributed by atoms with van der Waals surface area (Å²) in [4.78, 5) is 2.32. The summed E-state index contributed by atoms with van der Waals surface area (Å²) in [6.07, 6.45) is 0. The van der Waals surface area contributed by atoms with Crippen molar-refractivity contribution in [3.8, 4) is 23.0 Å². The van der Waals surface area contributed by atoms with Gasteiger partial charge in [0.25, 0.3) is 0 Å². The third-order valence-corrected chi connectivity index (χ3v) is 6.27. The molecule has 2 saturated heterocycles. The van der Waals surface area contributed by atoms with Crippen LogP contribution in [0.25, 0.3) is 0 Å². The highest BCUT2D eigenvalue weighted by molar-refractivity contribution is 5.48. The van der Waals surface area contributed by atoms with Crippen molar-refractivity contribution in [3.63, 3.8) is 0 Å². The van der Waals surface area contributed by atoms with Crippen LogP contribution in [0.1, 0.15) is 30.0 Å². The van der Waals surface area contributed by atoms with Gasteiger partial charge in [-0.3, -0.25) is 10.3 Å². The van der Waals surface area contributed by atoms with Crippen LogP contribution in [-0.4, -0.2) is 69.7 Å². The molecule has 0 aromatic heterocycles. The first-order chi connectivity index (χ1) is 15.6. The van der Waals surface area contributed by atoms with Crippen molar-refractivity contribution in [2.45, 2.75) is 24.9 Å². The Hall–Kier alpha value is -2.52. The number of methoxy groups -OCH3 is 2. The summed E-state index contributed by atoms with van der Waals surface area (Å²) >= 11 is 0. The molecule has 3 unspecified atom stereocenters. The van der Waals surface area contributed by atoms with Crippen molar-refractivity contribution >= 4 is 0 Å². The lowest BCUT2D eigenvalue weighted by molar-refractivity contribution is 0.0322. The molecular formula is C24H33N3O5. The second-order valence-electron chi connectivity index (χ2n) is 8.22. The third-order valence-electron chi connectivity index (χ3n) is 6.27. The Labute approximate surface area is 189 Å². The number of hydrogen-bond donors (Lipinski definition) is 3. The largest absolute Gasteiger partial charge is 0.507 e. The minimum atomic E-state index is -0.106. The molecule has 3 N–H and O–H groups in total. The standard InChI is InChI=1S/C24H33N3O5/c1-16-23(17-4-7-21(29-2)22(14-17)30-3)24(26-25-16)19-6-5-18(15-20(19)28)32-13-10-27-8-11-31-12-9-27/h4-7,14-16,23-26,28H,8-13H2,1-3H3. The topological polar surface area (TPSA) is 84.5 Å². The van der Waals surface area contributed by atoms with E-state index >= 15 is 0 Å². The highest BCUT2D eigenvalue weighted by Crippen LogP contribution is 2.43. The van der Waals surface area contributed by atoms with Crippen LogP contribution in [0.15, 0.2) is 36.4 Å². The Morgan fingerprint density at radius 1 is 1.03 bits per heavy atom. The molecule has 0 aliphatic carbocycles. The molecule has 0 amide bonds. The van der Waals surface area contributed by atoms with Gasteiger partial charge in [-0.2, -0.15) is 0 Å². The van der Waals surface area contributed by atoms with E-state index in [1.165, 1.54) is 0 Å². The highest BCUT2D eigenvalue weighted by atomic mass is 16.5. The molecule has 0 saturated carbocycles. The van der Waals surface area contributed by atoms with Crippen molar-refractivity contribution in [2.75, 3.05) is 53.7 Å². The Kier molecular flexibility index (Phi) is 7.36. The van der Waals surface area contributed by atoms with E-state index in [-0.39, 0.29) is 23.8 Å². The first-order valence-electron chi connectivity index (χ1n) is 11.1. The second-order valence-corrected chi connectivity index (χ2v) is 8.22. The minimum Gasteiger partial charge on any atom is -0.507 e. The summed E-state index contributed by atoms with van der Waals surface area (Å²) in [5, 5.41) is 10.8. The maximum absolute atomic E-state index is 10.8. The normalized spacial score (nSPS) is 23.8. The summed E-state index contributed by atoms with van der Waals surface area (Å²) in [5.74, 6) is 2.36. The third kappa shape index (κ3) is 4.94. The molecule has 0 bridgehead atoms. The van der Waals surface area contributed by atoms with Gasteiger partial charge in [0.05, 0.1) is 33.5 Å². The highest BCUT2D eigenvalue weighted by Gasteiger charge is 2.37. The maximum Gasteiger partial charge on any atom is 0.160 e. The summed E-state index contributed by atoms with van der Waals surface area (Å²) in [6.45, 7) is 6.96. The van der Waals surface area contributed by atoms with Gasteiger partial charge in [-0.1, -0.05) is 12.1 Å². The number of hydrogen-bond acceptors (Lipinski definition) is 8. The first kappa shape index (κ1) is 22.7. The molecule has 0 spiro atoms. The summed E-state index contributed by atoms with van der Waals surface area (Å²) in [6, 6.07) is 11.6. The molecule has 32 heavy (non-hydrogen) atoms. The van der Waals surface area contributed by atoms with E-state index in [2.05, 4.69) is 22.7 Å². The summed E-state index contributed by atoms with van der Waals surface area (Å²) in [7, 11) is 3.27. The Morgan fingerprint density at radius 3 is 2.53 bits per heavy atom. The fourth-order valence-electron chi connectivity index (χ4n) is 4.50. The zero-order valence-corrected chi connectivity index (χ0v) is 19.0. The van der Waals surface area contributed by atoms with E-state index in [0.29, 0.717) is 23.9 Å². The van der Waals surface area contributed by atoms with Gasteiger partial charge in [0, 0.05) is 43.2 Å². The maximum atomic E-state index is 10.8. The lowest BCUT2D eigenvalue weighted by Gasteiger charge is -2.26. The van der Waals surface area contributed by atoms with Crippen molar-refractivity contribution in [3.05, 3.63) is 47.5 Å². The van der Waals surface area contributed by atoms with Crippen molar-refractivity contribution in [2.24, 2.45) is 0 Å². The lowest BCUT2D eigenvalue weighted by Crippen LogP contribution is -2.38. The van der Waals surface area contributed by atoms with E-state index in [9.17, 15) is 5.11 Å². The van der Waals surface area contributed by atoms with Crippen LogP contribution in [0.2, 0.25) is 0 Å². The van der Waals surface area contributed by atoms with E-state index in [4.69, 9.17) is 18.9 Å². The van der Waals surface area contributed by atoms with Crippen LogP contribution < -0.4 is 25.1 Å². The molecule has 2 aromatic rings. The number of nitrogens with zero attached hydrogens (tertiary/aromatic N) is 1. The van der Waals surface area contributed by atoms with Gasteiger partial charge in [-0.25, -0.2) is 5.43 Å². The zero-order chi connectivity index (χ0) is 22.5. The fraction of sp³-hybridized carbons (Fsp3) is 0.500. The number of morpholine rings is 1. The number of phenols is 1. The average Bonchev–Trinajstić information content (AvgIpc) is 3.20. The van der Waals surface area contributed by atoms with Crippen LogP contribution in [0.5, 0.6) is 23.0 Å². The van der Waals surface area contributed by atoms with Crippen molar-refractivity contribution in [1.82, 2.24) is 15.8 Å². The summed E-state index contributed by atoms with van der Waals surface area (Å²) < 4.78 is 22.1. The van der Waals surface area contributed by atoms with E-state index in [0.717, 1.165) is 44.0 Å². The number of phenolic OH excluding ortho intramolecular Hbond substituents is 1. The number of hydrazine groups is 1. The Balaban J connectivity index is 1.47. The molecule has 0 radical (unpaired) electrons. The van der Waals surface area contributed by atoms with Crippen LogP contribution in [0.3, 0.4) is 0 Å². The van der Waals surface area contributed by atoms with Gasteiger partial charge in [0.2, 0.25) is 0 Å². The van der Waals surface area contributed by atoms with Gasteiger partial charge in [0.15, 0.2) is 11.5 Å². The zero-order valence-electron chi connectivity index (χ0n) is 19.0. The van der Waals surface area contributed by atoms with Crippen LogP contribution in [0.4, 0.5) is 0 Å². The van der Waals surface area contributed by atoms with Crippen LogP contribution in [0, 0.1) is 0 Å². The number of benzene rings is 2. The predicted octanol–water partition coefficient (Wildman–Crippen LogP) is 2.44.